The van der Waals surface area contributed by atoms with Crippen LogP contribution in [0.4, 0.5) is 16.4 Å². The Morgan fingerprint density at radius 3 is 2.59 bits per heavy atom. The van der Waals surface area contributed by atoms with Gasteiger partial charge in [0.15, 0.2) is 5.65 Å². The molecule has 1 saturated carbocycles. The van der Waals surface area contributed by atoms with E-state index in [1.807, 2.05) is 54.4 Å². The molecule has 39 heavy (non-hydrogen) atoms. The number of anilines is 2. The summed E-state index contributed by atoms with van der Waals surface area (Å²) in [6, 6.07) is 11.6. The number of hydrogen-bond acceptors (Lipinski definition) is 6. The van der Waals surface area contributed by atoms with Crippen molar-refractivity contribution >= 4 is 34.9 Å². The molecular formula is C30H36N6O3. The molecule has 0 bridgehead atoms. The summed E-state index contributed by atoms with van der Waals surface area (Å²) in [4.78, 5) is 33.7. The Morgan fingerprint density at radius 1 is 1.03 bits per heavy atom. The van der Waals surface area contributed by atoms with E-state index in [0.29, 0.717) is 31.1 Å². The number of nitrogens with zero attached hydrogens (tertiary/aromatic N) is 5. The fourth-order valence-corrected chi connectivity index (χ4v) is 6.33. The quantitative estimate of drug-likeness (QED) is 0.469. The molecule has 9 nitrogen and oxygen atoms in total. The molecule has 0 atom stereocenters. The minimum Gasteiger partial charge on any atom is -0.450 e. The maximum Gasteiger partial charge on any atom is 0.410 e. The number of carbonyl (C=O) groups excluding carboxylic acids is 2. The van der Waals surface area contributed by atoms with Crippen molar-refractivity contribution in [2.24, 2.45) is 5.41 Å². The summed E-state index contributed by atoms with van der Waals surface area (Å²) in [5.41, 5.74) is 4.81. The number of benzene rings is 1. The van der Waals surface area contributed by atoms with Crippen molar-refractivity contribution in [2.75, 3.05) is 38.1 Å². The summed E-state index contributed by atoms with van der Waals surface area (Å²) >= 11 is 0. The fourth-order valence-electron chi connectivity index (χ4n) is 6.33. The monoisotopic (exact) mass is 528 g/mol. The van der Waals surface area contributed by atoms with Crippen molar-refractivity contribution in [1.82, 2.24) is 24.4 Å². The van der Waals surface area contributed by atoms with Crippen LogP contribution in [0.5, 0.6) is 0 Å². The van der Waals surface area contributed by atoms with Crippen LogP contribution in [0.25, 0.3) is 11.2 Å². The number of ether oxygens (including phenoxy) is 1. The fraction of sp³-hybridized carbons (Fsp3) is 0.467. The van der Waals surface area contributed by atoms with Crippen molar-refractivity contribution in [3.8, 4) is 0 Å². The van der Waals surface area contributed by atoms with Gasteiger partial charge >= 0.3 is 6.09 Å². The minimum atomic E-state index is -0.277. The Hall–Kier alpha value is -3.88. The molecule has 1 saturated heterocycles. The number of hydrogen-bond donors (Lipinski definition) is 1. The van der Waals surface area contributed by atoms with Crippen molar-refractivity contribution in [3.05, 3.63) is 59.8 Å². The van der Waals surface area contributed by atoms with Gasteiger partial charge in [0.25, 0.3) is 5.91 Å². The average Bonchev–Trinajstić information content (AvgIpc) is 3.57. The van der Waals surface area contributed by atoms with E-state index in [-0.39, 0.29) is 12.0 Å². The smallest absolute Gasteiger partial charge is 0.410 e. The highest BCUT2D eigenvalue weighted by Gasteiger charge is 2.40. The number of fused-ring (bicyclic) bond motifs is 1. The molecule has 1 aliphatic carbocycles. The van der Waals surface area contributed by atoms with Crippen LogP contribution in [-0.2, 0) is 4.74 Å². The first kappa shape index (κ1) is 25.4. The van der Waals surface area contributed by atoms with Gasteiger partial charge in [0.05, 0.1) is 6.61 Å². The van der Waals surface area contributed by atoms with Gasteiger partial charge in [-0.25, -0.2) is 9.31 Å². The highest BCUT2D eigenvalue weighted by atomic mass is 16.6. The lowest BCUT2D eigenvalue weighted by Crippen LogP contribution is -2.35. The van der Waals surface area contributed by atoms with Crippen molar-refractivity contribution in [1.29, 1.82) is 0 Å². The van der Waals surface area contributed by atoms with Crippen LogP contribution in [0, 0.1) is 5.41 Å². The Balaban J connectivity index is 1.13. The molecule has 2 fully saturated rings. The van der Waals surface area contributed by atoms with E-state index in [9.17, 15) is 9.59 Å². The van der Waals surface area contributed by atoms with Gasteiger partial charge in [0.2, 0.25) is 5.95 Å². The predicted molar refractivity (Wildman–Crippen MR) is 150 cm³/mol. The Bertz CT molecular complexity index is 1390. The second kappa shape index (κ2) is 10.7. The number of nitrogens with one attached hydrogen (secondary N) is 1. The van der Waals surface area contributed by atoms with Crippen LogP contribution in [0.1, 0.15) is 67.8 Å². The highest BCUT2D eigenvalue weighted by Crippen LogP contribution is 2.44. The lowest BCUT2D eigenvalue weighted by atomic mass is 9.73. The van der Waals surface area contributed by atoms with Gasteiger partial charge in [-0.1, -0.05) is 25.3 Å². The molecule has 1 spiro atoms. The molecule has 3 aliphatic rings. The Morgan fingerprint density at radius 2 is 1.85 bits per heavy atom. The summed E-state index contributed by atoms with van der Waals surface area (Å²) in [7, 11) is 0. The number of pyridine rings is 1. The van der Waals surface area contributed by atoms with Gasteiger partial charge < -0.3 is 19.9 Å². The topological polar surface area (TPSA) is 92.1 Å². The van der Waals surface area contributed by atoms with E-state index >= 15 is 0 Å². The molecule has 3 aromatic rings. The first-order valence-electron chi connectivity index (χ1n) is 14.2. The summed E-state index contributed by atoms with van der Waals surface area (Å²) in [6.45, 7) is 5.07. The van der Waals surface area contributed by atoms with E-state index in [4.69, 9.17) is 9.72 Å². The predicted octanol–water partition coefficient (Wildman–Crippen LogP) is 5.51. The minimum absolute atomic E-state index is 0.127. The van der Waals surface area contributed by atoms with Crippen LogP contribution in [0.15, 0.2) is 48.7 Å². The second-order valence-electron chi connectivity index (χ2n) is 11.0. The van der Waals surface area contributed by atoms with Gasteiger partial charge in [-0.2, -0.15) is 4.98 Å². The summed E-state index contributed by atoms with van der Waals surface area (Å²) < 4.78 is 6.89. The molecular weight excluding hydrogens is 492 g/mol. The summed E-state index contributed by atoms with van der Waals surface area (Å²) in [5, 5.41) is 7.89. The van der Waals surface area contributed by atoms with Gasteiger partial charge in [0.1, 0.15) is 0 Å². The Labute approximate surface area is 228 Å². The van der Waals surface area contributed by atoms with Gasteiger partial charge in [-0.05, 0) is 80.0 Å². The molecule has 2 aromatic heterocycles. The van der Waals surface area contributed by atoms with Crippen molar-refractivity contribution < 1.29 is 14.3 Å². The highest BCUT2D eigenvalue weighted by molar-refractivity contribution is 5.95. The van der Waals surface area contributed by atoms with E-state index < -0.39 is 0 Å². The molecule has 2 aliphatic heterocycles. The number of carbonyl (C=O) groups is 2. The maximum atomic E-state index is 13.2. The van der Waals surface area contributed by atoms with Crippen molar-refractivity contribution in [3.63, 3.8) is 0 Å². The van der Waals surface area contributed by atoms with Crippen molar-refractivity contribution in [2.45, 2.75) is 51.9 Å². The third kappa shape index (κ3) is 5.22. The average molecular weight is 529 g/mol. The largest absolute Gasteiger partial charge is 0.450 e. The van der Waals surface area contributed by atoms with E-state index in [2.05, 4.69) is 16.5 Å². The van der Waals surface area contributed by atoms with E-state index in [1.54, 1.807) is 9.42 Å². The number of likely N-dealkylation sites (tertiary alicyclic amines) is 1. The number of amides is 2. The third-order valence-corrected chi connectivity index (χ3v) is 8.47. The van der Waals surface area contributed by atoms with E-state index in [1.165, 1.54) is 32.1 Å². The molecule has 204 valence electrons. The SMILES string of the molecule is CCOC(=O)N1CC=C(c2cccn3nc(Nc4ccc(C(=O)N5CCC6(CCCCC6)C5)cc4)nc23)CC1. The molecule has 4 heterocycles. The van der Waals surface area contributed by atoms with Gasteiger partial charge in [0, 0.05) is 49.2 Å². The number of aromatic nitrogens is 3. The van der Waals surface area contributed by atoms with Gasteiger partial charge in [-0.3, -0.25) is 4.79 Å². The van der Waals surface area contributed by atoms with E-state index in [0.717, 1.165) is 54.0 Å². The molecule has 0 radical (unpaired) electrons. The van der Waals surface area contributed by atoms with Gasteiger partial charge in [-0.15, -0.1) is 5.10 Å². The standard InChI is InChI=1S/C30H36N6O3/c1-2-39-29(38)34-18-12-22(13-19-34)25-7-6-17-36-26(25)32-28(33-36)31-24-10-8-23(9-11-24)27(37)35-20-16-30(21-35)14-4-3-5-15-30/h6-12,17H,2-5,13-16,18-21H2,1H3,(H,31,33). The summed E-state index contributed by atoms with van der Waals surface area (Å²) in [6.07, 6.45) is 12.0. The number of rotatable bonds is 5. The molecule has 1 aromatic carbocycles. The zero-order valence-corrected chi connectivity index (χ0v) is 22.6. The molecule has 6 rings (SSSR count). The molecule has 1 N–H and O–H groups in total. The van der Waals surface area contributed by atoms with Crippen LogP contribution >= 0.6 is 0 Å². The molecule has 9 heteroatoms. The maximum absolute atomic E-state index is 13.2. The summed E-state index contributed by atoms with van der Waals surface area (Å²) in [5.74, 6) is 0.617. The zero-order valence-electron chi connectivity index (χ0n) is 22.6. The van der Waals surface area contributed by atoms with Crippen LogP contribution in [-0.4, -0.2) is 69.2 Å². The normalized spacial score (nSPS) is 18.8. The third-order valence-electron chi connectivity index (χ3n) is 8.47. The van der Waals surface area contributed by atoms with Crippen LogP contribution in [0.3, 0.4) is 0 Å². The zero-order chi connectivity index (χ0) is 26.8. The lowest BCUT2D eigenvalue weighted by molar-refractivity contribution is 0.0759. The second-order valence-corrected chi connectivity index (χ2v) is 11.0. The first-order chi connectivity index (χ1) is 19.0. The Kier molecular flexibility index (Phi) is 6.97. The molecule has 2 amide bonds. The first-order valence-corrected chi connectivity index (χ1v) is 14.2. The lowest BCUT2D eigenvalue weighted by Gasteiger charge is -2.33. The van der Waals surface area contributed by atoms with Crippen LogP contribution < -0.4 is 5.32 Å². The molecule has 0 unspecified atom stereocenters. The van der Waals surface area contributed by atoms with Crippen LogP contribution in [0.2, 0.25) is 0 Å².